The second-order valence-corrected chi connectivity index (χ2v) is 8.40. The summed E-state index contributed by atoms with van der Waals surface area (Å²) in [5, 5.41) is 0. The van der Waals surface area contributed by atoms with Gasteiger partial charge >= 0.3 is 0 Å². The van der Waals surface area contributed by atoms with Gasteiger partial charge in [0.2, 0.25) is 10.0 Å². The largest absolute Gasteiger partial charge is 0.303 e. The van der Waals surface area contributed by atoms with Crippen molar-refractivity contribution in [1.29, 1.82) is 0 Å². The van der Waals surface area contributed by atoms with Gasteiger partial charge in [-0.15, -0.1) is 0 Å². The van der Waals surface area contributed by atoms with Crippen molar-refractivity contribution in [1.82, 2.24) is 4.90 Å². The second kappa shape index (κ2) is 7.47. The summed E-state index contributed by atoms with van der Waals surface area (Å²) in [6.07, 6.45) is 2.27. The van der Waals surface area contributed by atoms with E-state index >= 15 is 0 Å². The highest BCUT2D eigenvalue weighted by atomic mass is 32.2. The van der Waals surface area contributed by atoms with Gasteiger partial charge in [-0.25, -0.2) is 8.42 Å². The van der Waals surface area contributed by atoms with Gasteiger partial charge in [-0.2, -0.15) is 0 Å². The Morgan fingerprint density at radius 3 is 2.55 bits per heavy atom. The average molecular weight is 323 g/mol. The molecule has 1 heterocycles. The number of nitrogens with one attached hydrogen (secondary N) is 1. The molecular weight excluding hydrogens is 296 g/mol. The first kappa shape index (κ1) is 17.3. The molecule has 1 radical (unpaired) electrons. The molecule has 0 aromatic heterocycles. The number of likely N-dealkylation sites (tertiary alicyclic amines) is 1. The van der Waals surface area contributed by atoms with Gasteiger partial charge in [-0.05, 0) is 62.4 Å². The van der Waals surface area contributed by atoms with Gasteiger partial charge < -0.3 is 4.90 Å². The van der Waals surface area contributed by atoms with Gasteiger partial charge in [0.15, 0.2) is 0 Å². The van der Waals surface area contributed by atoms with Crippen LogP contribution in [0.25, 0.3) is 0 Å². The zero-order valence-corrected chi connectivity index (χ0v) is 14.6. The Morgan fingerprint density at radius 1 is 1.27 bits per heavy atom. The number of hydrogen-bond acceptors (Lipinski definition) is 3. The third-order valence-corrected chi connectivity index (χ3v) is 5.45. The fourth-order valence-electron chi connectivity index (χ4n) is 2.98. The highest BCUT2D eigenvalue weighted by Crippen LogP contribution is 2.30. The van der Waals surface area contributed by atoms with Crippen molar-refractivity contribution >= 4 is 15.7 Å². The summed E-state index contributed by atoms with van der Waals surface area (Å²) in [4.78, 5) is 2.50. The lowest BCUT2D eigenvalue weighted by Crippen LogP contribution is -2.35. The molecule has 1 saturated heterocycles. The van der Waals surface area contributed by atoms with Gasteiger partial charge in [0, 0.05) is 12.2 Å². The monoisotopic (exact) mass is 323 g/mol. The number of benzene rings is 1. The first-order chi connectivity index (χ1) is 10.4. The molecule has 22 heavy (non-hydrogen) atoms. The summed E-state index contributed by atoms with van der Waals surface area (Å²) in [6.45, 7) is 9.31. The molecule has 0 amide bonds. The van der Waals surface area contributed by atoms with E-state index in [-0.39, 0.29) is 5.75 Å². The van der Waals surface area contributed by atoms with Crippen LogP contribution in [0.15, 0.2) is 24.3 Å². The van der Waals surface area contributed by atoms with Gasteiger partial charge in [-0.3, -0.25) is 4.72 Å². The lowest BCUT2D eigenvalue weighted by Gasteiger charge is -2.33. The Labute approximate surface area is 135 Å². The van der Waals surface area contributed by atoms with Crippen LogP contribution in [0.1, 0.15) is 45.1 Å². The number of anilines is 1. The molecule has 1 aromatic carbocycles. The van der Waals surface area contributed by atoms with E-state index in [1.165, 1.54) is 11.5 Å². The fourth-order valence-corrected chi connectivity index (χ4v) is 3.61. The molecule has 1 aliphatic rings. The van der Waals surface area contributed by atoms with Gasteiger partial charge in [0.25, 0.3) is 0 Å². The van der Waals surface area contributed by atoms with Crippen LogP contribution in [0.2, 0.25) is 0 Å². The Morgan fingerprint density at radius 2 is 1.95 bits per heavy atom. The van der Waals surface area contributed by atoms with Crippen molar-refractivity contribution in [3.63, 3.8) is 0 Å². The normalized spacial score (nSPS) is 17.8. The van der Waals surface area contributed by atoms with E-state index in [2.05, 4.69) is 29.5 Å². The van der Waals surface area contributed by atoms with Crippen molar-refractivity contribution in [2.24, 2.45) is 0 Å². The first-order valence-electron chi connectivity index (χ1n) is 8.01. The quantitative estimate of drug-likeness (QED) is 0.874. The van der Waals surface area contributed by atoms with Crippen LogP contribution >= 0.6 is 0 Å². The zero-order valence-electron chi connectivity index (χ0n) is 13.8. The summed E-state index contributed by atoms with van der Waals surface area (Å²) in [7, 11) is -3.20. The summed E-state index contributed by atoms with van der Waals surface area (Å²) in [6, 6.07) is 7.87. The van der Waals surface area contributed by atoms with Crippen LogP contribution in [0.5, 0.6) is 0 Å². The molecule has 4 nitrogen and oxygen atoms in total. The molecule has 1 aliphatic heterocycles. The standard InChI is InChI=1S/C17H27N2O2S/c1-4-22(20,21)18-17-7-5-6-16(12-17)15-8-10-19(11-9-15)13-14(2)3/h5-7,12,15,18H,4,8-11,13H2,1-3H3. The number of nitrogens with zero attached hydrogens (tertiary/aromatic N) is 1. The molecule has 0 atom stereocenters. The molecule has 1 N–H and O–H groups in total. The molecule has 0 spiro atoms. The molecule has 1 aromatic rings. The summed E-state index contributed by atoms with van der Waals surface area (Å²) in [5.74, 6) is 2.08. The minimum Gasteiger partial charge on any atom is -0.303 e. The minimum absolute atomic E-state index is 0.0997. The Hall–Kier alpha value is -1.07. The van der Waals surface area contributed by atoms with E-state index in [1.54, 1.807) is 6.92 Å². The van der Waals surface area contributed by atoms with Crippen LogP contribution < -0.4 is 4.72 Å². The molecule has 5 heteroatoms. The zero-order chi connectivity index (χ0) is 16.2. The van der Waals surface area contributed by atoms with Gasteiger partial charge in [0.05, 0.1) is 5.75 Å². The first-order valence-corrected chi connectivity index (χ1v) is 9.66. The van der Waals surface area contributed by atoms with E-state index < -0.39 is 10.0 Å². The van der Waals surface area contributed by atoms with Crippen LogP contribution in [-0.2, 0) is 10.0 Å². The Balaban J connectivity index is 1.99. The smallest absolute Gasteiger partial charge is 0.232 e. The molecule has 1 fully saturated rings. The topological polar surface area (TPSA) is 49.4 Å². The number of piperidine rings is 1. The van der Waals surface area contributed by atoms with Crippen molar-refractivity contribution < 1.29 is 8.42 Å². The van der Waals surface area contributed by atoms with Crippen molar-refractivity contribution in [2.75, 3.05) is 30.1 Å². The molecule has 0 unspecified atom stereocenters. The lowest BCUT2D eigenvalue weighted by molar-refractivity contribution is 0.220. The third kappa shape index (κ3) is 4.99. The van der Waals surface area contributed by atoms with E-state index in [0.29, 0.717) is 11.6 Å². The average Bonchev–Trinajstić information content (AvgIpc) is 2.47. The maximum absolute atomic E-state index is 11.7. The van der Waals surface area contributed by atoms with E-state index in [9.17, 15) is 8.42 Å². The number of rotatable bonds is 6. The van der Waals surface area contributed by atoms with Crippen molar-refractivity contribution in [3.8, 4) is 0 Å². The van der Waals surface area contributed by atoms with E-state index in [1.807, 2.05) is 18.2 Å². The van der Waals surface area contributed by atoms with Gasteiger partial charge in [-0.1, -0.05) is 26.0 Å². The second-order valence-electron chi connectivity index (χ2n) is 6.39. The van der Waals surface area contributed by atoms with Crippen LogP contribution in [-0.4, -0.2) is 38.7 Å². The van der Waals surface area contributed by atoms with Crippen LogP contribution in [0, 0.1) is 5.92 Å². The molecular formula is C17H27N2O2S. The van der Waals surface area contributed by atoms with E-state index in [4.69, 9.17) is 0 Å². The highest BCUT2D eigenvalue weighted by molar-refractivity contribution is 7.92. The summed E-state index contributed by atoms with van der Waals surface area (Å²) < 4.78 is 26.0. The predicted molar refractivity (Wildman–Crippen MR) is 92.5 cm³/mol. The fraction of sp³-hybridized carbons (Fsp3) is 0.588. The van der Waals surface area contributed by atoms with Crippen LogP contribution in [0.3, 0.4) is 0 Å². The number of hydrogen-bond donors (Lipinski definition) is 1. The molecule has 0 aliphatic carbocycles. The van der Waals surface area contributed by atoms with Crippen LogP contribution in [0.4, 0.5) is 5.69 Å². The molecule has 2 rings (SSSR count). The predicted octanol–water partition coefficient (Wildman–Crippen LogP) is 3.24. The lowest BCUT2D eigenvalue weighted by atomic mass is 9.89. The third-order valence-electron chi connectivity index (χ3n) is 4.14. The highest BCUT2D eigenvalue weighted by Gasteiger charge is 2.21. The van der Waals surface area contributed by atoms with Gasteiger partial charge in [0.1, 0.15) is 0 Å². The Kier molecular flexibility index (Phi) is 5.87. The SMILES string of the molecule is CCS(=O)(=O)Nc1cccc(C2CCN(C[C](C)C)CC2)c1. The minimum atomic E-state index is -3.20. The summed E-state index contributed by atoms with van der Waals surface area (Å²) in [5.41, 5.74) is 1.92. The van der Waals surface area contributed by atoms with E-state index in [0.717, 1.165) is 32.5 Å². The molecule has 123 valence electrons. The molecule has 0 bridgehead atoms. The maximum atomic E-state index is 11.7. The van der Waals surface area contributed by atoms with Crippen molar-refractivity contribution in [3.05, 3.63) is 35.7 Å². The maximum Gasteiger partial charge on any atom is 0.232 e. The molecule has 0 saturated carbocycles. The number of sulfonamides is 1. The van der Waals surface area contributed by atoms with Crippen molar-refractivity contribution in [2.45, 2.75) is 39.5 Å². The summed E-state index contributed by atoms with van der Waals surface area (Å²) >= 11 is 0. The Bertz CT molecular complexity index is 576.